The highest BCUT2D eigenvalue weighted by atomic mass is 35.5. The lowest BCUT2D eigenvalue weighted by atomic mass is 10.2. The molecular weight excluding hydrogens is 472 g/mol. The zero-order valence-electron chi connectivity index (χ0n) is 16.8. The summed E-state index contributed by atoms with van der Waals surface area (Å²) in [7, 11) is -4.05. The highest BCUT2D eigenvalue weighted by molar-refractivity contribution is 7.89. The Kier molecular flexibility index (Phi) is 7.38. The van der Waals surface area contributed by atoms with Crippen molar-refractivity contribution < 1.29 is 22.9 Å². The third kappa shape index (κ3) is 6.13. The molecular formula is C21H17ClN4O6S. The van der Waals surface area contributed by atoms with Crippen LogP contribution < -0.4 is 15.6 Å². The summed E-state index contributed by atoms with van der Waals surface area (Å²) in [6, 6.07) is 17.4. The molecule has 0 fully saturated rings. The maximum absolute atomic E-state index is 12.7. The number of hydrazine groups is 1. The Balaban J connectivity index is 1.70. The van der Waals surface area contributed by atoms with Gasteiger partial charge in [-0.2, -0.15) is 0 Å². The molecule has 0 bridgehead atoms. The smallest absolute Gasteiger partial charge is 0.267 e. The van der Waals surface area contributed by atoms with Crippen LogP contribution in [0.2, 0.25) is 5.02 Å². The van der Waals surface area contributed by atoms with Gasteiger partial charge in [0.25, 0.3) is 17.5 Å². The molecule has 10 nitrogen and oxygen atoms in total. The molecule has 3 rings (SSSR count). The number of halogens is 1. The van der Waals surface area contributed by atoms with E-state index >= 15 is 0 Å². The van der Waals surface area contributed by atoms with E-state index in [2.05, 4.69) is 15.6 Å². The van der Waals surface area contributed by atoms with Gasteiger partial charge in [-0.1, -0.05) is 48.0 Å². The van der Waals surface area contributed by atoms with Crippen molar-refractivity contribution in [2.24, 2.45) is 0 Å². The molecule has 3 N–H and O–H groups in total. The minimum Gasteiger partial charge on any atom is -0.267 e. The van der Waals surface area contributed by atoms with Crippen molar-refractivity contribution in [3.63, 3.8) is 0 Å². The van der Waals surface area contributed by atoms with Gasteiger partial charge >= 0.3 is 0 Å². The van der Waals surface area contributed by atoms with Gasteiger partial charge in [-0.3, -0.25) is 30.6 Å². The van der Waals surface area contributed by atoms with Crippen LogP contribution in [-0.4, -0.2) is 25.2 Å². The number of benzene rings is 3. The second-order valence-corrected chi connectivity index (χ2v) is 8.81. The van der Waals surface area contributed by atoms with Gasteiger partial charge in [0.05, 0.1) is 9.95 Å². The number of non-ortho nitro benzene ring substituents is 1. The maximum Gasteiger partial charge on any atom is 0.270 e. The number of nitro groups is 1. The van der Waals surface area contributed by atoms with Crippen LogP contribution >= 0.6 is 11.6 Å². The van der Waals surface area contributed by atoms with Crippen LogP contribution in [0.4, 0.5) is 5.69 Å². The summed E-state index contributed by atoms with van der Waals surface area (Å²) >= 11 is 6.04. The number of hydrogen-bond donors (Lipinski definition) is 3. The average molecular weight is 489 g/mol. The Morgan fingerprint density at radius 1 is 0.879 bits per heavy atom. The Bertz CT molecular complexity index is 1320. The molecule has 0 saturated heterocycles. The lowest BCUT2D eigenvalue weighted by Gasteiger charge is -2.11. The van der Waals surface area contributed by atoms with E-state index < -0.39 is 26.8 Å². The monoisotopic (exact) mass is 488 g/mol. The predicted octanol–water partition coefficient (Wildman–Crippen LogP) is 2.80. The molecule has 12 heteroatoms. The first-order valence-corrected chi connectivity index (χ1v) is 11.2. The summed E-state index contributed by atoms with van der Waals surface area (Å²) in [5.74, 6) is -1.61. The first-order valence-electron chi connectivity index (χ1n) is 9.35. The fraction of sp³-hybridized carbons (Fsp3) is 0.0476. The van der Waals surface area contributed by atoms with Crippen LogP contribution in [0.3, 0.4) is 0 Å². The average Bonchev–Trinajstić information content (AvgIpc) is 2.82. The topological polar surface area (TPSA) is 148 Å². The minimum atomic E-state index is -4.05. The Labute approximate surface area is 193 Å². The number of sulfonamides is 1. The molecule has 0 spiro atoms. The molecule has 0 aliphatic heterocycles. The molecule has 0 aromatic heterocycles. The van der Waals surface area contributed by atoms with E-state index in [0.29, 0.717) is 0 Å². The molecule has 0 radical (unpaired) electrons. The van der Waals surface area contributed by atoms with Gasteiger partial charge in [0.2, 0.25) is 10.0 Å². The molecule has 0 unspecified atom stereocenters. The van der Waals surface area contributed by atoms with Crippen LogP contribution in [0.15, 0.2) is 77.7 Å². The standard InChI is InChI=1S/C21H17ClN4O6S/c22-18-10-9-16(12-19(18)33(31,32)23-13-14-5-2-1-3-6-14)21(28)25-24-20(27)15-7-4-8-17(11-15)26(29)30/h1-12,23H,13H2,(H,24,27)(H,25,28). The second kappa shape index (κ2) is 10.2. The van der Waals surface area contributed by atoms with Gasteiger partial charge in [0.1, 0.15) is 4.90 Å². The molecule has 3 aromatic rings. The number of amides is 2. The van der Waals surface area contributed by atoms with E-state index in [0.717, 1.165) is 17.7 Å². The summed E-state index contributed by atoms with van der Waals surface area (Å²) in [6.07, 6.45) is 0. The van der Waals surface area contributed by atoms with Crippen molar-refractivity contribution in [3.8, 4) is 0 Å². The van der Waals surface area contributed by atoms with E-state index in [1.54, 1.807) is 30.3 Å². The third-order valence-corrected chi connectivity index (χ3v) is 6.28. The highest BCUT2D eigenvalue weighted by Crippen LogP contribution is 2.23. The van der Waals surface area contributed by atoms with E-state index in [-0.39, 0.29) is 33.3 Å². The van der Waals surface area contributed by atoms with Crippen molar-refractivity contribution in [1.29, 1.82) is 0 Å². The Morgan fingerprint density at radius 3 is 2.15 bits per heavy atom. The largest absolute Gasteiger partial charge is 0.270 e. The van der Waals surface area contributed by atoms with Crippen molar-refractivity contribution in [2.75, 3.05) is 0 Å². The fourth-order valence-electron chi connectivity index (χ4n) is 2.72. The molecule has 0 atom stereocenters. The van der Waals surface area contributed by atoms with Crippen molar-refractivity contribution >= 4 is 39.1 Å². The second-order valence-electron chi connectivity index (χ2n) is 6.67. The lowest BCUT2D eigenvalue weighted by molar-refractivity contribution is -0.384. The first kappa shape index (κ1) is 23.9. The molecule has 0 aliphatic carbocycles. The highest BCUT2D eigenvalue weighted by Gasteiger charge is 2.20. The van der Waals surface area contributed by atoms with Gasteiger partial charge in [-0.25, -0.2) is 13.1 Å². The quantitative estimate of drug-likeness (QED) is 0.344. The molecule has 0 saturated carbocycles. The molecule has 2 amide bonds. The third-order valence-electron chi connectivity index (χ3n) is 4.40. The predicted molar refractivity (Wildman–Crippen MR) is 120 cm³/mol. The summed E-state index contributed by atoms with van der Waals surface area (Å²) in [5.41, 5.74) is 4.57. The molecule has 33 heavy (non-hydrogen) atoms. The van der Waals surface area contributed by atoms with Crippen molar-refractivity contribution in [2.45, 2.75) is 11.4 Å². The fourth-order valence-corrected chi connectivity index (χ4v) is 4.26. The Morgan fingerprint density at radius 2 is 1.52 bits per heavy atom. The van der Waals surface area contributed by atoms with Crippen LogP contribution in [-0.2, 0) is 16.6 Å². The van der Waals surface area contributed by atoms with Crippen LogP contribution in [0.25, 0.3) is 0 Å². The van der Waals surface area contributed by atoms with Gasteiger partial charge in [-0.05, 0) is 29.8 Å². The number of rotatable bonds is 7. The number of carbonyl (C=O) groups excluding carboxylic acids is 2. The maximum atomic E-state index is 12.7. The molecule has 0 heterocycles. The molecule has 3 aromatic carbocycles. The number of nitrogens with zero attached hydrogens (tertiary/aromatic N) is 1. The lowest BCUT2D eigenvalue weighted by Crippen LogP contribution is -2.41. The summed E-state index contributed by atoms with van der Waals surface area (Å²) in [6.45, 7) is 0.0230. The number of hydrogen-bond acceptors (Lipinski definition) is 6. The normalized spacial score (nSPS) is 10.9. The first-order chi connectivity index (χ1) is 15.7. The van der Waals surface area contributed by atoms with Gasteiger partial charge in [0, 0.05) is 29.8 Å². The summed E-state index contributed by atoms with van der Waals surface area (Å²) < 4.78 is 27.8. The van der Waals surface area contributed by atoms with Crippen LogP contribution in [0.5, 0.6) is 0 Å². The van der Waals surface area contributed by atoms with E-state index in [1.165, 1.54) is 30.3 Å². The van der Waals surface area contributed by atoms with Gasteiger partial charge in [-0.15, -0.1) is 0 Å². The Hall–Kier alpha value is -3.80. The summed E-state index contributed by atoms with van der Waals surface area (Å²) in [4.78, 5) is 34.5. The molecule has 170 valence electrons. The van der Waals surface area contributed by atoms with Crippen LogP contribution in [0.1, 0.15) is 26.3 Å². The number of nitrogens with one attached hydrogen (secondary N) is 3. The SMILES string of the molecule is O=C(NNC(=O)c1ccc(Cl)c(S(=O)(=O)NCc2ccccc2)c1)c1cccc([N+](=O)[O-])c1. The van der Waals surface area contributed by atoms with Gasteiger partial charge in [0.15, 0.2) is 0 Å². The van der Waals surface area contributed by atoms with Gasteiger partial charge < -0.3 is 0 Å². The summed E-state index contributed by atoms with van der Waals surface area (Å²) in [5, 5.41) is 10.7. The van der Waals surface area contributed by atoms with E-state index in [1.807, 2.05) is 0 Å². The van der Waals surface area contributed by atoms with E-state index in [4.69, 9.17) is 11.6 Å². The zero-order chi connectivity index (χ0) is 24.0. The van der Waals surface area contributed by atoms with Crippen molar-refractivity contribution in [1.82, 2.24) is 15.6 Å². The van der Waals surface area contributed by atoms with Crippen molar-refractivity contribution in [3.05, 3.63) is 105 Å². The van der Waals surface area contributed by atoms with E-state index in [9.17, 15) is 28.1 Å². The number of carbonyl (C=O) groups is 2. The minimum absolute atomic E-state index is 0.0230. The van der Waals surface area contributed by atoms with Crippen LogP contribution in [0, 0.1) is 10.1 Å². The number of nitro benzene ring substituents is 1. The molecule has 0 aliphatic rings. The zero-order valence-corrected chi connectivity index (χ0v) is 18.4.